The largest absolute Gasteiger partial charge is 0.340 e. The molecule has 2 aliphatic rings. The smallest absolute Gasteiger partial charge is 0.273 e. The van der Waals surface area contributed by atoms with Gasteiger partial charge in [-0.05, 0) is 73.9 Å². The van der Waals surface area contributed by atoms with Gasteiger partial charge in [-0.15, -0.1) is 0 Å². The molecule has 8 heteroatoms. The molecule has 3 amide bonds. The molecule has 3 atom stereocenters. The predicted octanol–water partition coefficient (Wildman–Crippen LogP) is 3.28. The number of carbonyl (C=O) groups excluding carboxylic acids is 3. The number of carbonyl (C=O) groups is 3. The highest BCUT2D eigenvalue weighted by molar-refractivity contribution is 5.99. The zero-order chi connectivity index (χ0) is 31.5. The van der Waals surface area contributed by atoms with Gasteiger partial charge in [-0.1, -0.05) is 78.9 Å². The SMILES string of the molecule is C[NH2+]NC(=O)[C@@]1(Cc2ccccc2)CCCN(C(=O)[C@]2(N(C)C(=O)/C=C/CC(C)(C)N)C[C@H]2c2ccc3ccccc3c2)C1. The fourth-order valence-electron chi connectivity index (χ4n) is 6.85. The second kappa shape index (κ2) is 12.5. The summed E-state index contributed by atoms with van der Waals surface area (Å²) in [6.07, 6.45) is 6.32. The Bertz CT molecular complexity index is 1550. The summed E-state index contributed by atoms with van der Waals surface area (Å²) in [6.45, 7) is 4.67. The van der Waals surface area contributed by atoms with E-state index in [1.165, 1.54) is 0 Å². The molecule has 5 N–H and O–H groups in total. The summed E-state index contributed by atoms with van der Waals surface area (Å²) in [5.74, 6) is -0.550. The molecule has 8 nitrogen and oxygen atoms in total. The van der Waals surface area contributed by atoms with Crippen molar-refractivity contribution in [3.05, 3.63) is 96.1 Å². The van der Waals surface area contributed by atoms with Crippen LogP contribution in [0.4, 0.5) is 0 Å². The van der Waals surface area contributed by atoms with Crippen molar-refractivity contribution in [2.75, 3.05) is 27.2 Å². The quantitative estimate of drug-likeness (QED) is 0.144. The molecule has 1 saturated carbocycles. The molecule has 44 heavy (non-hydrogen) atoms. The van der Waals surface area contributed by atoms with Crippen molar-refractivity contribution < 1.29 is 19.8 Å². The standard InChI is InChI=1S/C36H45N5O3/c1-34(2,37)19-10-16-31(42)40(4)36(24-30(36)29-18-17-27-14-8-9-15-28(27)22-29)33(44)41-21-11-20-35(25-41,32(43)39-38-3)23-26-12-6-5-7-13-26/h5-10,12-18,22,30,38H,11,19-21,23-25,37H2,1-4H3,(H,39,43)/p+1/b16-10+/t30-,35+,36-/m0/s1. The Labute approximate surface area is 260 Å². The zero-order valence-corrected chi connectivity index (χ0v) is 26.4. The highest BCUT2D eigenvalue weighted by atomic mass is 16.2. The molecular weight excluding hydrogens is 550 g/mol. The lowest BCUT2D eigenvalue weighted by Crippen LogP contribution is -2.92. The first-order valence-electron chi connectivity index (χ1n) is 15.6. The average molecular weight is 597 g/mol. The normalized spacial score (nSPS) is 23.5. The number of rotatable bonds is 10. The topological polar surface area (TPSA) is 112 Å². The van der Waals surface area contributed by atoms with E-state index in [-0.39, 0.29) is 23.6 Å². The summed E-state index contributed by atoms with van der Waals surface area (Å²) in [6, 6.07) is 24.5. The van der Waals surface area contributed by atoms with Crippen LogP contribution in [-0.4, -0.2) is 65.8 Å². The Kier molecular flexibility index (Phi) is 8.95. The fourth-order valence-corrected chi connectivity index (χ4v) is 6.85. The first kappa shape index (κ1) is 31.4. The van der Waals surface area contributed by atoms with Crippen molar-refractivity contribution in [1.29, 1.82) is 0 Å². The number of amides is 3. The van der Waals surface area contributed by atoms with E-state index < -0.39 is 16.5 Å². The minimum atomic E-state index is -1.04. The van der Waals surface area contributed by atoms with Gasteiger partial charge < -0.3 is 15.5 Å². The molecule has 0 radical (unpaired) electrons. The van der Waals surface area contributed by atoms with E-state index in [9.17, 15) is 14.4 Å². The molecule has 1 aliphatic heterocycles. The van der Waals surface area contributed by atoms with E-state index in [2.05, 4.69) is 35.8 Å². The van der Waals surface area contributed by atoms with Crippen LogP contribution in [0.25, 0.3) is 10.8 Å². The molecular formula is C36H46N5O3+. The highest BCUT2D eigenvalue weighted by Crippen LogP contribution is 2.57. The van der Waals surface area contributed by atoms with Crippen LogP contribution in [0.3, 0.4) is 0 Å². The summed E-state index contributed by atoms with van der Waals surface area (Å²) >= 11 is 0. The summed E-state index contributed by atoms with van der Waals surface area (Å²) in [4.78, 5) is 45.5. The van der Waals surface area contributed by atoms with Gasteiger partial charge in [0.15, 0.2) is 0 Å². The summed E-state index contributed by atoms with van der Waals surface area (Å²) in [5.41, 5.74) is 10.6. The number of nitrogens with two attached hydrogens (primary N) is 2. The maximum absolute atomic E-state index is 14.8. The van der Waals surface area contributed by atoms with Gasteiger partial charge >= 0.3 is 0 Å². The lowest BCUT2D eigenvalue weighted by molar-refractivity contribution is -0.673. The van der Waals surface area contributed by atoms with E-state index in [1.807, 2.05) is 61.2 Å². The number of nitrogens with one attached hydrogen (secondary N) is 1. The van der Waals surface area contributed by atoms with E-state index >= 15 is 0 Å². The van der Waals surface area contributed by atoms with Gasteiger partial charge in [0.1, 0.15) is 5.54 Å². The molecule has 1 saturated heterocycles. The van der Waals surface area contributed by atoms with Crippen molar-refractivity contribution in [2.45, 2.75) is 62.9 Å². The molecule has 232 valence electrons. The number of quaternary nitrogens is 1. The van der Waals surface area contributed by atoms with Crippen molar-refractivity contribution in [3.8, 4) is 0 Å². The van der Waals surface area contributed by atoms with Gasteiger partial charge in [0, 0.05) is 31.6 Å². The number of hydrogen-bond donors (Lipinski definition) is 3. The molecule has 2 fully saturated rings. The van der Waals surface area contributed by atoms with Crippen molar-refractivity contribution >= 4 is 28.5 Å². The van der Waals surface area contributed by atoms with E-state index in [0.717, 1.165) is 21.9 Å². The van der Waals surface area contributed by atoms with Crippen LogP contribution in [0.1, 0.15) is 56.6 Å². The number of fused-ring (bicyclic) bond motifs is 1. The fraction of sp³-hybridized carbons (Fsp3) is 0.417. The monoisotopic (exact) mass is 596 g/mol. The first-order valence-corrected chi connectivity index (χ1v) is 15.6. The minimum absolute atomic E-state index is 0.0750. The van der Waals surface area contributed by atoms with Crippen LogP contribution in [0.2, 0.25) is 0 Å². The summed E-state index contributed by atoms with van der Waals surface area (Å²) < 4.78 is 0. The molecule has 3 aromatic carbocycles. The van der Waals surface area contributed by atoms with Crippen LogP contribution < -0.4 is 16.6 Å². The van der Waals surface area contributed by atoms with Gasteiger partial charge in [0.2, 0.25) is 11.8 Å². The van der Waals surface area contributed by atoms with Gasteiger partial charge in [-0.3, -0.25) is 14.4 Å². The molecule has 1 heterocycles. The second-order valence-corrected chi connectivity index (χ2v) is 13.3. The number of piperidine rings is 1. The van der Waals surface area contributed by atoms with Crippen LogP contribution >= 0.6 is 0 Å². The molecule has 0 unspecified atom stereocenters. The predicted molar refractivity (Wildman–Crippen MR) is 173 cm³/mol. The highest BCUT2D eigenvalue weighted by Gasteiger charge is 2.66. The maximum Gasteiger partial charge on any atom is 0.273 e. The summed E-state index contributed by atoms with van der Waals surface area (Å²) in [5, 5.41) is 2.23. The van der Waals surface area contributed by atoms with Crippen molar-refractivity contribution in [3.63, 3.8) is 0 Å². The van der Waals surface area contributed by atoms with Crippen LogP contribution in [-0.2, 0) is 20.8 Å². The van der Waals surface area contributed by atoms with Gasteiger partial charge in [-0.2, -0.15) is 0 Å². The zero-order valence-electron chi connectivity index (χ0n) is 26.4. The number of nitrogens with zero attached hydrogens (tertiary/aromatic N) is 2. The third-order valence-corrected chi connectivity index (χ3v) is 9.32. The molecule has 3 aromatic rings. The average Bonchev–Trinajstić information content (AvgIpc) is 3.77. The molecule has 0 bridgehead atoms. The van der Waals surface area contributed by atoms with E-state index in [1.54, 1.807) is 36.6 Å². The number of likely N-dealkylation sites (tertiary alicyclic amines) is 1. The first-order chi connectivity index (χ1) is 21.0. The van der Waals surface area contributed by atoms with Crippen LogP contribution in [0, 0.1) is 5.41 Å². The lowest BCUT2D eigenvalue weighted by atomic mass is 9.74. The number of hydrogen-bond acceptors (Lipinski definition) is 4. The third kappa shape index (κ3) is 6.42. The van der Waals surface area contributed by atoms with E-state index in [4.69, 9.17) is 5.73 Å². The Morgan fingerprint density at radius 1 is 1.07 bits per heavy atom. The summed E-state index contributed by atoms with van der Waals surface area (Å²) in [7, 11) is 3.53. The van der Waals surface area contributed by atoms with Gasteiger partial charge in [-0.25, -0.2) is 10.9 Å². The van der Waals surface area contributed by atoms with Gasteiger partial charge in [0.05, 0.1) is 12.5 Å². The Balaban J connectivity index is 1.48. The Hall–Kier alpha value is -4.01. The second-order valence-electron chi connectivity index (χ2n) is 13.3. The van der Waals surface area contributed by atoms with Crippen molar-refractivity contribution in [2.24, 2.45) is 11.1 Å². The molecule has 1 aliphatic carbocycles. The van der Waals surface area contributed by atoms with Crippen LogP contribution in [0.15, 0.2) is 84.9 Å². The molecule has 0 spiro atoms. The molecule has 0 aromatic heterocycles. The van der Waals surface area contributed by atoms with Gasteiger partial charge in [0.25, 0.3) is 5.91 Å². The number of likely N-dealkylation sites (N-methyl/N-ethyl adjacent to an activating group) is 1. The number of benzene rings is 3. The van der Waals surface area contributed by atoms with Crippen LogP contribution in [0.5, 0.6) is 0 Å². The Morgan fingerprint density at radius 2 is 1.77 bits per heavy atom. The minimum Gasteiger partial charge on any atom is -0.340 e. The Morgan fingerprint density at radius 3 is 2.48 bits per heavy atom. The van der Waals surface area contributed by atoms with E-state index in [0.29, 0.717) is 45.2 Å². The van der Waals surface area contributed by atoms with Crippen molar-refractivity contribution in [1.82, 2.24) is 15.2 Å². The molecule has 5 rings (SSSR count). The maximum atomic E-state index is 14.8. The third-order valence-electron chi connectivity index (χ3n) is 9.32. The lowest BCUT2D eigenvalue weighted by Gasteiger charge is -2.43.